The van der Waals surface area contributed by atoms with Gasteiger partial charge in [0, 0.05) is 12.3 Å². The maximum atomic E-state index is 11.9. The molecule has 5 nitrogen and oxygen atoms in total. The molecule has 2 N–H and O–H groups in total. The van der Waals surface area contributed by atoms with Crippen LogP contribution in [0.4, 0.5) is 4.79 Å². The normalized spacial score (nSPS) is 11.1. The van der Waals surface area contributed by atoms with E-state index in [0.29, 0.717) is 6.54 Å². The average molecular weight is 302 g/mol. The van der Waals surface area contributed by atoms with Gasteiger partial charge < -0.3 is 5.32 Å². The quantitative estimate of drug-likeness (QED) is 0.785. The Kier molecular flexibility index (Phi) is 6.17. The van der Waals surface area contributed by atoms with Crippen molar-refractivity contribution in [1.29, 1.82) is 0 Å². The fourth-order valence-electron chi connectivity index (χ4n) is 1.32. The van der Waals surface area contributed by atoms with Crippen LogP contribution >= 0.6 is 11.8 Å². The van der Waals surface area contributed by atoms with Crippen LogP contribution in [-0.4, -0.2) is 32.5 Å². The Morgan fingerprint density at radius 3 is 2.47 bits per heavy atom. The number of amides is 2. The molecule has 0 aliphatic carbocycles. The van der Waals surface area contributed by atoms with Crippen LogP contribution < -0.4 is 10.0 Å². The zero-order valence-electron chi connectivity index (χ0n) is 11.0. The molecule has 0 bridgehead atoms. The van der Waals surface area contributed by atoms with E-state index in [0.717, 1.165) is 17.1 Å². The molecule has 106 valence electrons. The van der Waals surface area contributed by atoms with Crippen LogP contribution in [0.25, 0.3) is 0 Å². The summed E-state index contributed by atoms with van der Waals surface area (Å²) in [6, 6.07) is 5.61. The SMILES string of the molecule is CCSCCNC(=O)NS(=O)(=O)c1ccc(C)cc1. The second kappa shape index (κ2) is 7.40. The summed E-state index contributed by atoms with van der Waals surface area (Å²) in [6.45, 7) is 4.32. The third kappa shape index (κ3) is 5.52. The molecule has 1 aromatic rings. The Morgan fingerprint density at radius 1 is 1.26 bits per heavy atom. The van der Waals surface area contributed by atoms with E-state index in [2.05, 4.69) is 5.32 Å². The average Bonchev–Trinajstić information content (AvgIpc) is 2.34. The van der Waals surface area contributed by atoms with Crippen LogP contribution in [0.1, 0.15) is 12.5 Å². The maximum Gasteiger partial charge on any atom is 0.328 e. The molecule has 1 aromatic carbocycles. The van der Waals surface area contributed by atoms with Crippen molar-refractivity contribution in [3.05, 3.63) is 29.8 Å². The lowest BCUT2D eigenvalue weighted by Gasteiger charge is -2.08. The van der Waals surface area contributed by atoms with E-state index >= 15 is 0 Å². The van der Waals surface area contributed by atoms with E-state index in [1.165, 1.54) is 12.1 Å². The van der Waals surface area contributed by atoms with Gasteiger partial charge in [-0.3, -0.25) is 0 Å². The number of aryl methyl sites for hydroxylation is 1. The lowest BCUT2D eigenvalue weighted by molar-refractivity contribution is 0.246. The fraction of sp³-hybridized carbons (Fsp3) is 0.417. The van der Waals surface area contributed by atoms with E-state index in [-0.39, 0.29) is 4.90 Å². The molecule has 0 fully saturated rings. The van der Waals surface area contributed by atoms with Crippen LogP contribution in [0.15, 0.2) is 29.2 Å². The van der Waals surface area contributed by atoms with Crippen LogP contribution in [0.5, 0.6) is 0 Å². The summed E-state index contributed by atoms with van der Waals surface area (Å²) >= 11 is 1.67. The van der Waals surface area contributed by atoms with Crippen molar-refractivity contribution in [3.8, 4) is 0 Å². The molecule has 0 saturated heterocycles. The van der Waals surface area contributed by atoms with Gasteiger partial charge in [0.25, 0.3) is 10.0 Å². The second-order valence-electron chi connectivity index (χ2n) is 3.87. The Labute approximate surface area is 118 Å². The van der Waals surface area contributed by atoms with Gasteiger partial charge in [0.1, 0.15) is 0 Å². The largest absolute Gasteiger partial charge is 0.336 e. The number of carbonyl (C=O) groups excluding carboxylic acids is 1. The van der Waals surface area contributed by atoms with Crippen molar-refractivity contribution >= 4 is 27.8 Å². The van der Waals surface area contributed by atoms with Gasteiger partial charge >= 0.3 is 6.03 Å². The summed E-state index contributed by atoms with van der Waals surface area (Å²) in [5, 5.41) is 2.50. The van der Waals surface area contributed by atoms with Crippen molar-refractivity contribution in [1.82, 2.24) is 10.0 Å². The molecule has 1 rings (SSSR count). The van der Waals surface area contributed by atoms with Crippen molar-refractivity contribution < 1.29 is 13.2 Å². The predicted octanol–water partition coefficient (Wildman–Crippen LogP) is 1.74. The number of urea groups is 1. The number of carbonyl (C=O) groups is 1. The maximum absolute atomic E-state index is 11.9. The second-order valence-corrected chi connectivity index (χ2v) is 6.95. The lowest BCUT2D eigenvalue weighted by atomic mass is 10.2. The van der Waals surface area contributed by atoms with Crippen molar-refractivity contribution in [3.63, 3.8) is 0 Å². The summed E-state index contributed by atoms with van der Waals surface area (Å²) < 4.78 is 25.7. The molecule has 0 atom stereocenters. The zero-order valence-corrected chi connectivity index (χ0v) is 12.6. The Hall–Kier alpha value is -1.21. The van der Waals surface area contributed by atoms with Crippen molar-refractivity contribution in [2.75, 3.05) is 18.1 Å². The van der Waals surface area contributed by atoms with E-state index in [9.17, 15) is 13.2 Å². The van der Waals surface area contributed by atoms with Crippen molar-refractivity contribution in [2.24, 2.45) is 0 Å². The molecule has 0 heterocycles. The third-order valence-electron chi connectivity index (χ3n) is 2.29. The van der Waals surface area contributed by atoms with Crippen molar-refractivity contribution in [2.45, 2.75) is 18.7 Å². The molecule has 0 spiro atoms. The lowest BCUT2D eigenvalue weighted by Crippen LogP contribution is -2.40. The zero-order chi connectivity index (χ0) is 14.3. The number of rotatable bonds is 6. The molecule has 7 heteroatoms. The van der Waals surface area contributed by atoms with Gasteiger partial charge in [-0.2, -0.15) is 11.8 Å². The minimum atomic E-state index is -3.79. The molecule has 0 aromatic heterocycles. The van der Waals surface area contributed by atoms with E-state index in [1.807, 2.05) is 18.6 Å². The molecular weight excluding hydrogens is 284 g/mol. The van der Waals surface area contributed by atoms with Gasteiger partial charge in [0.05, 0.1) is 4.90 Å². The molecule has 19 heavy (non-hydrogen) atoms. The topological polar surface area (TPSA) is 75.3 Å². The number of benzene rings is 1. The number of hydrogen-bond acceptors (Lipinski definition) is 4. The van der Waals surface area contributed by atoms with Gasteiger partial charge in [-0.15, -0.1) is 0 Å². The summed E-state index contributed by atoms with van der Waals surface area (Å²) in [5.74, 6) is 1.72. The minimum Gasteiger partial charge on any atom is -0.336 e. The predicted molar refractivity (Wildman–Crippen MR) is 77.9 cm³/mol. The van der Waals surface area contributed by atoms with Gasteiger partial charge in [-0.25, -0.2) is 17.9 Å². The highest BCUT2D eigenvalue weighted by Gasteiger charge is 2.16. The molecule has 0 radical (unpaired) electrons. The third-order valence-corrected chi connectivity index (χ3v) is 4.54. The summed E-state index contributed by atoms with van der Waals surface area (Å²) in [6.07, 6.45) is 0. The monoisotopic (exact) mass is 302 g/mol. The Balaban J connectivity index is 2.55. The van der Waals surface area contributed by atoms with Crippen LogP contribution in [0, 0.1) is 6.92 Å². The summed E-state index contributed by atoms with van der Waals surface area (Å²) in [5.41, 5.74) is 0.958. The number of nitrogens with one attached hydrogen (secondary N) is 2. The first kappa shape index (κ1) is 15.8. The smallest absolute Gasteiger partial charge is 0.328 e. The number of hydrogen-bond donors (Lipinski definition) is 2. The Morgan fingerprint density at radius 2 is 1.89 bits per heavy atom. The van der Waals surface area contributed by atoms with Gasteiger partial charge in [0.15, 0.2) is 0 Å². The van der Waals surface area contributed by atoms with Crippen LogP contribution in [0.3, 0.4) is 0 Å². The highest BCUT2D eigenvalue weighted by atomic mass is 32.2. The van der Waals surface area contributed by atoms with Crippen LogP contribution in [0.2, 0.25) is 0 Å². The highest BCUT2D eigenvalue weighted by Crippen LogP contribution is 2.09. The molecule has 0 aliphatic heterocycles. The molecule has 0 unspecified atom stereocenters. The molecular formula is C12H18N2O3S2. The summed E-state index contributed by atoms with van der Waals surface area (Å²) in [4.78, 5) is 11.5. The number of sulfonamides is 1. The van der Waals surface area contributed by atoms with E-state index in [1.54, 1.807) is 23.9 Å². The standard InChI is InChI=1S/C12H18N2O3S2/c1-3-18-9-8-13-12(15)14-19(16,17)11-6-4-10(2)5-7-11/h4-7H,3,8-9H2,1-2H3,(H2,13,14,15). The minimum absolute atomic E-state index is 0.0798. The van der Waals surface area contributed by atoms with E-state index < -0.39 is 16.1 Å². The number of thioether (sulfide) groups is 1. The summed E-state index contributed by atoms with van der Waals surface area (Å²) in [7, 11) is -3.79. The molecule has 0 aliphatic rings. The van der Waals surface area contributed by atoms with Gasteiger partial charge in [-0.05, 0) is 24.8 Å². The van der Waals surface area contributed by atoms with Gasteiger partial charge in [0.2, 0.25) is 0 Å². The van der Waals surface area contributed by atoms with E-state index in [4.69, 9.17) is 0 Å². The first-order chi connectivity index (χ1) is 8.95. The molecule has 2 amide bonds. The Bertz CT molecular complexity index is 512. The van der Waals surface area contributed by atoms with Crippen LogP contribution in [-0.2, 0) is 10.0 Å². The van der Waals surface area contributed by atoms with Gasteiger partial charge in [-0.1, -0.05) is 24.6 Å². The first-order valence-corrected chi connectivity index (χ1v) is 8.54. The highest BCUT2D eigenvalue weighted by molar-refractivity contribution is 7.99. The fourth-order valence-corrected chi connectivity index (χ4v) is 2.78. The molecule has 0 saturated carbocycles. The first-order valence-electron chi connectivity index (χ1n) is 5.91.